The lowest BCUT2D eigenvalue weighted by Crippen LogP contribution is -2.28. The third-order valence-corrected chi connectivity index (χ3v) is 2.95. The van der Waals surface area contributed by atoms with E-state index in [1.807, 2.05) is 12.1 Å². The summed E-state index contributed by atoms with van der Waals surface area (Å²) in [7, 11) is 1.56. The van der Waals surface area contributed by atoms with Crippen molar-refractivity contribution >= 4 is 0 Å². The van der Waals surface area contributed by atoms with Gasteiger partial charge in [0.15, 0.2) is 0 Å². The molecular formula is C14H20N2O2. The van der Waals surface area contributed by atoms with Crippen LogP contribution in [0.1, 0.15) is 30.9 Å². The average Bonchev–Trinajstić information content (AvgIpc) is 2.42. The van der Waals surface area contributed by atoms with E-state index in [4.69, 9.17) is 15.1 Å². The summed E-state index contributed by atoms with van der Waals surface area (Å²) < 4.78 is 5.17. The normalized spacial score (nSPS) is 11.9. The highest BCUT2D eigenvalue weighted by Gasteiger charge is 2.07. The van der Waals surface area contributed by atoms with Crippen molar-refractivity contribution in [1.82, 2.24) is 5.32 Å². The van der Waals surface area contributed by atoms with Crippen molar-refractivity contribution in [2.75, 3.05) is 13.7 Å². The number of nitrogens with one attached hydrogen (secondary N) is 1. The number of benzene rings is 1. The Morgan fingerprint density at radius 1 is 1.50 bits per heavy atom. The van der Waals surface area contributed by atoms with Gasteiger partial charge in [0.2, 0.25) is 0 Å². The lowest BCUT2D eigenvalue weighted by atomic mass is 10.1. The monoisotopic (exact) mass is 248 g/mol. The van der Waals surface area contributed by atoms with Crippen LogP contribution in [0.4, 0.5) is 0 Å². The number of aliphatic hydroxyl groups is 1. The van der Waals surface area contributed by atoms with Gasteiger partial charge < -0.3 is 15.2 Å². The Labute approximate surface area is 108 Å². The molecule has 0 radical (unpaired) electrons. The van der Waals surface area contributed by atoms with Crippen LogP contribution >= 0.6 is 0 Å². The molecule has 4 nitrogen and oxygen atoms in total. The predicted molar refractivity (Wildman–Crippen MR) is 70.3 cm³/mol. The van der Waals surface area contributed by atoms with Crippen LogP contribution in [0.5, 0.6) is 5.75 Å². The van der Waals surface area contributed by atoms with E-state index in [2.05, 4.69) is 18.3 Å². The van der Waals surface area contributed by atoms with Crippen molar-refractivity contribution in [1.29, 1.82) is 5.26 Å². The standard InChI is InChI=1S/C14H20N2O2/c1-3-13(6-7-17)16-10-11-4-5-12(9-15)14(8-11)18-2/h4-5,8,13,16-17H,3,6-7,10H2,1-2H3. The highest BCUT2D eigenvalue weighted by atomic mass is 16.5. The minimum Gasteiger partial charge on any atom is -0.495 e. The van der Waals surface area contributed by atoms with Crippen LogP contribution in [-0.4, -0.2) is 24.9 Å². The van der Waals surface area contributed by atoms with Crippen LogP contribution in [0.2, 0.25) is 0 Å². The maximum absolute atomic E-state index is 8.92. The van der Waals surface area contributed by atoms with Crippen LogP contribution in [0.25, 0.3) is 0 Å². The molecular weight excluding hydrogens is 228 g/mol. The molecule has 0 spiro atoms. The van der Waals surface area contributed by atoms with Crippen LogP contribution in [0, 0.1) is 11.3 Å². The van der Waals surface area contributed by atoms with Gasteiger partial charge in [0.25, 0.3) is 0 Å². The quantitative estimate of drug-likeness (QED) is 0.772. The lowest BCUT2D eigenvalue weighted by molar-refractivity contribution is 0.262. The molecule has 1 aromatic rings. The Hall–Kier alpha value is -1.57. The highest BCUT2D eigenvalue weighted by Crippen LogP contribution is 2.19. The predicted octanol–water partition coefficient (Wildman–Crippen LogP) is 1.82. The molecule has 0 aliphatic rings. The van der Waals surface area contributed by atoms with Crippen molar-refractivity contribution in [3.63, 3.8) is 0 Å². The minimum absolute atomic E-state index is 0.197. The molecule has 98 valence electrons. The van der Waals surface area contributed by atoms with Gasteiger partial charge >= 0.3 is 0 Å². The van der Waals surface area contributed by atoms with Crippen LogP contribution in [-0.2, 0) is 6.54 Å². The molecule has 0 saturated carbocycles. The van der Waals surface area contributed by atoms with Crippen molar-refractivity contribution in [2.45, 2.75) is 32.4 Å². The van der Waals surface area contributed by atoms with Crippen molar-refractivity contribution in [2.24, 2.45) is 0 Å². The van der Waals surface area contributed by atoms with Gasteiger partial charge in [0.1, 0.15) is 11.8 Å². The Morgan fingerprint density at radius 3 is 2.83 bits per heavy atom. The molecule has 0 saturated heterocycles. The molecule has 0 fully saturated rings. The molecule has 1 atom stereocenters. The Morgan fingerprint density at radius 2 is 2.28 bits per heavy atom. The van der Waals surface area contributed by atoms with Crippen LogP contribution in [0.3, 0.4) is 0 Å². The summed E-state index contributed by atoms with van der Waals surface area (Å²) in [6.45, 7) is 3.00. The van der Waals surface area contributed by atoms with E-state index >= 15 is 0 Å². The van der Waals surface area contributed by atoms with E-state index in [0.29, 0.717) is 23.9 Å². The number of rotatable bonds is 7. The molecule has 1 rings (SSSR count). The van der Waals surface area contributed by atoms with E-state index in [1.54, 1.807) is 13.2 Å². The first-order valence-corrected chi connectivity index (χ1v) is 6.16. The fourth-order valence-corrected chi connectivity index (χ4v) is 1.81. The maximum atomic E-state index is 8.92. The third kappa shape index (κ3) is 4.02. The summed E-state index contributed by atoms with van der Waals surface area (Å²) in [5.41, 5.74) is 1.62. The van der Waals surface area contributed by atoms with E-state index in [1.165, 1.54) is 0 Å². The molecule has 0 aliphatic heterocycles. The topological polar surface area (TPSA) is 65.3 Å². The largest absolute Gasteiger partial charge is 0.495 e. The molecule has 0 amide bonds. The third-order valence-electron chi connectivity index (χ3n) is 2.95. The zero-order chi connectivity index (χ0) is 13.4. The first-order valence-electron chi connectivity index (χ1n) is 6.16. The van der Waals surface area contributed by atoms with E-state index in [-0.39, 0.29) is 6.61 Å². The summed E-state index contributed by atoms with van der Waals surface area (Å²) in [5, 5.41) is 21.2. The SMILES string of the molecule is CCC(CCO)NCc1ccc(C#N)c(OC)c1. The summed E-state index contributed by atoms with van der Waals surface area (Å²) >= 11 is 0. The van der Waals surface area contributed by atoms with E-state index < -0.39 is 0 Å². The highest BCUT2D eigenvalue weighted by molar-refractivity contribution is 5.45. The molecule has 2 N–H and O–H groups in total. The first-order chi connectivity index (χ1) is 8.74. The Bertz CT molecular complexity index is 413. The number of hydrogen-bond acceptors (Lipinski definition) is 4. The fraction of sp³-hybridized carbons (Fsp3) is 0.500. The number of hydrogen-bond donors (Lipinski definition) is 2. The maximum Gasteiger partial charge on any atom is 0.136 e. The number of nitrogens with zero attached hydrogens (tertiary/aromatic N) is 1. The summed E-state index contributed by atoms with van der Waals surface area (Å²) in [6.07, 6.45) is 1.73. The molecule has 0 aliphatic carbocycles. The summed E-state index contributed by atoms with van der Waals surface area (Å²) in [4.78, 5) is 0. The van der Waals surface area contributed by atoms with Gasteiger partial charge in [0, 0.05) is 19.2 Å². The number of aliphatic hydroxyl groups excluding tert-OH is 1. The molecule has 18 heavy (non-hydrogen) atoms. The van der Waals surface area contributed by atoms with Crippen molar-refractivity contribution in [3.05, 3.63) is 29.3 Å². The molecule has 1 aromatic carbocycles. The lowest BCUT2D eigenvalue weighted by Gasteiger charge is -2.16. The van der Waals surface area contributed by atoms with Gasteiger partial charge in [-0.05, 0) is 30.5 Å². The van der Waals surface area contributed by atoms with E-state index in [0.717, 1.165) is 18.4 Å². The second-order valence-electron chi connectivity index (χ2n) is 4.14. The van der Waals surface area contributed by atoms with Gasteiger partial charge in [-0.25, -0.2) is 0 Å². The van der Waals surface area contributed by atoms with Gasteiger partial charge in [-0.2, -0.15) is 5.26 Å². The number of methoxy groups -OCH3 is 1. The smallest absolute Gasteiger partial charge is 0.136 e. The van der Waals surface area contributed by atoms with Gasteiger partial charge in [-0.3, -0.25) is 0 Å². The van der Waals surface area contributed by atoms with Gasteiger partial charge in [-0.1, -0.05) is 13.0 Å². The molecule has 0 heterocycles. The molecule has 0 bridgehead atoms. The second kappa shape index (κ2) is 7.70. The van der Waals surface area contributed by atoms with Gasteiger partial charge in [-0.15, -0.1) is 0 Å². The van der Waals surface area contributed by atoms with Gasteiger partial charge in [0.05, 0.1) is 12.7 Å². The summed E-state index contributed by atoms with van der Waals surface area (Å²) in [6, 6.07) is 7.96. The Balaban J connectivity index is 2.65. The summed E-state index contributed by atoms with van der Waals surface area (Å²) in [5.74, 6) is 0.604. The zero-order valence-corrected chi connectivity index (χ0v) is 10.9. The number of ether oxygens (including phenoxy) is 1. The second-order valence-corrected chi connectivity index (χ2v) is 4.14. The van der Waals surface area contributed by atoms with Crippen LogP contribution < -0.4 is 10.1 Å². The zero-order valence-electron chi connectivity index (χ0n) is 10.9. The van der Waals surface area contributed by atoms with Crippen molar-refractivity contribution < 1.29 is 9.84 Å². The molecule has 4 heteroatoms. The average molecular weight is 248 g/mol. The van der Waals surface area contributed by atoms with Crippen LogP contribution in [0.15, 0.2) is 18.2 Å². The van der Waals surface area contributed by atoms with Crippen molar-refractivity contribution in [3.8, 4) is 11.8 Å². The molecule has 0 aromatic heterocycles. The Kier molecular flexibility index (Phi) is 6.20. The minimum atomic E-state index is 0.197. The fourth-order valence-electron chi connectivity index (χ4n) is 1.81. The first kappa shape index (κ1) is 14.5. The number of nitriles is 1. The molecule has 1 unspecified atom stereocenters. The van der Waals surface area contributed by atoms with E-state index in [9.17, 15) is 0 Å².